The molecule has 0 aromatic heterocycles. The lowest BCUT2D eigenvalue weighted by molar-refractivity contribution is 0.555. The molecular formula is C14H30S2. The van der Waals surface area contributed by atoms with Gasteiger partial charge in [0.15, 0.2) is 0 Å². The lowest BCUT2D eigenvalue weighted by Crippen LogP contribution is -2.09. The lowest BCUT2D eigenvalue weighted by atomic mass is 10.1. The first-order chi connectivity index (χ1) is 7.78. The third-order valence-electron chi connectivity index (χ3n) is 3.10. The standard InChI is InChI=1S/C14H30S2/c1-5-8-14(9-6-2)16-12-13(7-3)10-11-15-4/h13-14H,5-12H2,1-4H3. The van der Waals surface area contributed by atoms with Crippen LogP contribution in [0.1, 0.15) is 59.3 Å². The first-order valence-electron chi connectivity index (χ1n) is 6.88. The largest absolute Gasteiger partial charge is 0.165 e. The van der Waals surface area contributed by atoms with Crippen molar-refractivity contribution in [2.24, 2.45) is 5.92 Å². The van der Waals surface area contributed by atoms with E-state index < -0.39 is 0 Å². The van der Waals surface area contributed by atoms with Crippen LogP contribution in [-0.2, 0) is 0 Å². The van der Waals surface area contributed by atoms with Crippen LogP contribution >= 0.6 is 23.5 Å². The van der Waals surface area contributed by atoms with Crippen LogP contribution in [0.25, 0.3) is 0 Å². The average Bonchev–Trinajstić information content (AvgIpc) is 2.30. The summed E-state index contributed by atoms with van der Waals surface area (Å²) < 4.78 is 0. The Morgan fingerprint density at radius 2 is 1.56 bits per heavy atom. The quantitative estimate of drug-likeness (QED) is 0.484. The molecule has 0 N–H and O–H groups in total. The van der Waals surface area contributed by atoms with E-state index in [1.165, 1.54) is 50.0 Å². The Morgan fingerprint density at radius 3 is 2.00 bits per heavy atom. The van der Waals surface area contributed by atoms with Crippen LogP contribution < -0.4 is 0 Å². The van der Waals surface area contributed by atoms with Crippen molar-refractivity contribution >= 4 is 23.5 Å². The molecule has 0 nitrogen and oxygen atoms in total. The lowest BCUT2D eigenvalue weighted by Gasteiger charge is -2.19. The van der Waals surface area contributed by atoms with Crippen LogP contribution in [-0.4, -0.2) is 23.0 Å². The Bertz CT molecular complexity index is 131. The molecule has 2 heteroatoms. The number of hydrogen-bond donors (Lipinski definition) is 0. The summed E-state index contributed by atoms with van der Waals surface area (Å²) in [5.41, 5.74) is 0. The van der Waals surface area contributed by atoms with Crippen molar-refractivity contribution in [2.45, 2.75) is 64.5 Å². The molecule has 0 aliphatic heterocycles. The van der Waals surface area contributed by atoms with Gasteiger partial charge in [-0.15, -0.1) is 0 Å². The Labute approximate surface area is 112 Å². The van der Waals surface area contributed by atoms with Crippen LogP contribution in [0.5, 0.6) is 0 Å². The van der Waals surface area contributed by atoms with Crippen LogP contribution in [0.3, 0.4) is 0 Å². The molecule has 1 atom stereocenters. The van der Waals surface area contributed by atoms with E-state index in [1.54, 1.807) is 0 Å². The molecule has 0 aromatic rings. The highest BCUT2D eigenvalue weighted by atomic mass is 32.2. The molecule has 0 amide bonds. The molecule has 0 rings (SSSR count). The van der Waals surface area contributed by atoms with E-state index in [0.29, 0.717) is 0 Å². The van der Waals surface area contributed by atoms with E-state index in [4.69, 9.17) is 0 Å². The first-order valence-corrected chi connectivity index (χ1v) is 9.33. The molecule has 0 saturated heterocycles. The maximum Gasteiger partial charge on any atom is 0.00469 e. The van der Waals surface area contributed by atoms with Gasteiger partial charge >= 0.3 is 0 Å². The summed E-state index contributed by atoms with van der Waals surface area (Å²) in [7, 11) is 0. The highest BCUT2D eigenvalue weighted by Crippen LogP contribution is 2.26. The molecule has 16 heavy (non-hydrogen) atoms. The molecule has 1 unspecified atom stereocenters. The van der Waals surface area contributed by atoms with Gasteiger partial charge in [-0.1, -0.05) is 40.0 Å². The summed E-state index contributed by atoms with van der Waals surface area (Å²) in [6.07, 6.45) is 10.5. The fourth-order valence-electron chi connectivity index (χ4n) is 1.92. The third-order valence-corrected chi connectivity index (χ3v) is 5.35. The Balaban J connectivity index is 3.76. The van der Waals surface area contributed by atoms with Crippen molar-refractivity contribution < 1.29 is 0 Å². The second-order valence-electron chi connectivity index (χ2n) is 4.59. The maximum absolute atomic E-state index is 2.35. The SMILES string of the molecule is CCCC(CCC)SCC(CC)CCSC. The van der Waals surface area contributed by atoms with E-state index in [0.717, 1.165) is 11.2 Å². The van der Waals surface area contributed by atoms with E-state index in [-0.39, 0.29) is 0 Å². The molecule has 0 fully saturated rings. The van der Waals surface area contributed by atoms with Crippen molar-refractivity contribution in [2.75, 3.05) is 17.8 Å². The van der Waals surface area contributed by atoms with Gasteiger partial charge in [-0.25, -0.2) is 0 Å². The minimum absolute atomic E-state index is 0.929. The maximum atomic E-state index is 2.35. The van der Waals surface area contributed by atoms with Crippen LogP contribution in [0, 0.1) is 5.92 Å². The fraction of sp³-hybridized carbons (Fsp3) is 1.00. The van der Waals surface area contributed by atoms with Crippen LogP contribution in [0.15, 0.2) is 0 Å². The van der Waals surface area contributed by atoms with Gasteiger partial charge < -0.3 is 0 Å². The van der Waals surface area contributed by atoms with Crippen LogP contribution in [0.4, 0.5) is 0 Å². The molecule has 0 heterocycles. The van der Waals surface area contributed by atoms with Gasteiger partial charge in [0.2, 0.25) is 0 Å². The number of rotatable bonds is 11. The summed E-state index contributed by atoms with van der Waals surface area (Å²) in [6, 6.07) is 0. The summed E-state index contributed by atoms with van der Waals surface area (Å²) in [5.74, 6) is 3.68. The van der Waals surface area contributed by atoms with Crippen molar-refractivity contribution in [1.29, 1.82) is 0 Å². The molecule has 0 aromatic carbocycles. The topological polar surface area (TPSA) is 0 Å². The monoisotopic (exact) mass is 262 g/mol. The highest BCUT2D eigenvalue weighted by molar-refractivity contribution is 8.00. The third kappa shape index (κ3) is 8.81. The van der Waals surface area contributed by atoms with E-state index in [1.807, 2.05) is 11.8 Å². The Hall–Kier alpha value is 0.700. The van der Waals surface area contributed by atoms with Crippen LogP contribution in [0.2, 0.25) is 0 Å². The predicted molar refractivity (Wildman–Crippen MR) is 82.8 cm³/mol. The second kappa shape index (κ2) is 12.2. The minimum Gasteiger partial charge on any atom is -0.165 e. The summed E-state index contributed by atoms with van der Waals surface area (Å²) in [6.45, 7) is 6.97. The summed E-state index contributed by atoms with van der Waals surface area (Å²) in [5, 5.41) is 0.929. The Kier molecular flexibility index (Phi) is 12.7. The summed E-state index contributed by atoms with van der Waals surface area (Å²) >= 11 is 4.24. The van der Waals surface area contributed by atoms with Gasteiger partial charge in [-0.05, 0) is 42.9 Å². The number of hydrogen-bond acceptors (Lipinski definition) is 2. The molecule has 0 aliphatic rings. The smallest absolute Gasteiger partial charge is 0.00469 e. The molecule has 0 aliphatic carbocycles. The zero-order valence-electron chi connectivity index (χ0n) is 11.6. The number of thioether (sulfide) groups is 2. The van der Waals surface area contributed by atoms with Crippen molar-refractivity contribution in [3.05, 3.63) is 0 Å². The van der Waals surface area contributed by atoms with Gasteiger partial charge in [0, 0.05) is 5.25 Å². The zero-order chi connectivity index (χ0) is 12.2. The molecule has 98 valence electrons. The predicted octanol–water partition coefficient (Wildman–Crippen LogP) is 5.47. The highest BCUT2D eigenvalue weighted by Gasteiger charge is 2.11. The molecular weight excluding hydrogens is 232 g/mol. The molecule has 0 saturated carbocycles. The first kappa shape index (κ1) is 16.7. The van der Waals surface area contributed by atoms with Gasteiger partial charge in [0.05, 0.1) is 0 Å². The molecule has 0 spiro atoms. The van der Waals surface area contributed by atoms with Gasteiger partial charge in [-0.2, -0.15) is 23.5 Å². The fourth-order valence-corrected chi connectivity index (χ4v) is 4.24. The molecule has 0 bridgehead atoms. The average molecular weight is 263 g/mol. The van der Waals surface area contributed by atoms with Gasteiger partial charge in [0.25, 0.3) is 0 Å². The minimum atomic E-state index is 0.929. The molecule has 0 radical (unpaired) electrons. The zero-order valence-corrected chi connectivity index (χ0v) is 13.3. The van der Waals surface area contributed by atoms with E-state index in [2.05, 4.69) is 38.8 Å². The van der Waals surface area contributed by atoms with E-state index >= 15 is 0 Å². The Morgan fingerprint density at radius 1 is 0.938 bits per heavy atom. The van der Waals surface area contributed by atoms with E-state index in [9.17, 15) is 0 Å². The van der Waals surface area contributed by atoms with Gasteiger partial charge in [0.1, 0.15) is 0 Å². The summed E-state index contributed by atoms with van der Waals surface area (Å²) in [4.78, 5) is 0. The normalized spacial score (nSPS) is 13.3. The second-order valence-corrected chi connectivity index (χ2v) is 6.91. The van der Waals surface area contributed by atoms with Crippen molar-refractivity contribution in [3.63, 3.8) is 0 Å². The van der Waals surface area contributed by atoms with Gasteiger partial charge in [-0.3, -0.25) is 0 Å². The van der Waals surface area contributed by atoms with Crippen molar-refractivity contribution in [1.82, 2.24) is 0 Å². The van der Waals surface area contributed by atoms with Crippen molar-refractivity contribution in [3.8, 4) is 0 Å².